The zero-order chi connectivity index (χ0) is 27.4. The maximum Gasteiger partial charge on any atom is 0.456 e. The molecule has 0 aliphatic carbocycles. The molecule has 0 heterocycles. The van der Waals surface area contributed by atoms with Crippen LogP contribution in [0.5, 0.6) is 11.5 Å². The summed E-state index contributed by atoms with van der Waals surface area (Å²) in [6.07, 6.45) is 0.0805. The quantitative estimate of drug-likeness (QED) is 0.207. The summed E-state index contributed by atoms with van der Waals surface area (Å²) in [6, 6.07) is 29.7. The average molecular weight is 550 g/mol. The van der Waals surface area contributed by atoms with Crippen LogP contribution < -0.4 is 13.8 Å². The van der Waals surface area contributed by atoms with Gasteiger partial charge in [-0.1, -0.05) is 91.3 Å². The van der Waals surface area contributed by atoms with Crippen molar-refractivity contribution < 1.29 is 22.0 Å². The van der Waals surface area contributed by atoms with E-state index in [-0.39, 0.29) is 11.3 Å². The molecule has 0 aliphatic heterocycles. The van der Waals surface area contributed by atoms with Gasteiger partial charge in [-0.15, -0.1) is 0 Å². The highest BCUT2D eigenvalue weighted by atomic mass is 32.2. The molecule has 6 nitrogen and oxygen atoms in total. The Morgan fingerprint density at radius 1 is 0.737 bits per heavy atom. The minimum Gasteiger partial charge on any atom is -0.415 e. The molecule has 1 atom stereocenters. The minimum atomic E-state index is -4.37. The van der Waals surface area contributed by atoms with Gasteiger partial charge >= 0.3 is 7.60 Å². The SMILES string of the molecule is CCC(NS(=O)(=O)c1c(C)cc(C)cc1C)(c1ccccc1)P(=O)(Oc1ccccc1)Oc1ccccc1. The Morgan fingerprint density at radius 2 is 1.16 bits per heavy atom. The number of benzene rings is 4. The molecule has 4 aromatic rings. The standard InChI is InChI=1S/C30H32NO5PS/c1-5-30(26-15-9-6-10-16-26,31-38(33,34)29-24(3)21-23(2)22-25(29)4)37(32,35-27-17-11-7-12-18-27)36-28-19-13-8-14-20-28/h6-22,31H,5H2,1-4H3. The Kier molecular flexibility index (Phi) is 8.12. The first-order valence-corrected chi connectivity index (χ1v) is 15.4. The predicted molar refractivity (Wildman–Crippen MR) is 151 cm³/mol. The molecule has 38 heavy (non-hydrogen) atoms. The molecule has 1 unspecified atom stereocenters. The fraction of sp³-hybridized carbons (Fsp3) is 0.200. The second-order valence-electron chi connectivity index (χ2n) is 9.22. The van der Waals surface area contributed by atoms with Gasteiger partial charge in [-0.05, 0) is 68.1 Å². The third kappa shape index (κ3) is 5.56. The summed E-state index contributed by atoms with van der Waals surface area (Å²) in [6.45, 7) is 7.19. The van der Waals surface area contributed by atoms with E-state index in [9.17, 15) is 8.42 Å². The van der Waals surface area contributed by atoms with Gasteiger partial charge in [-0.25, -0.2) is 13.0 Å². The largest absolute Gasteiger partial charge is 0.456 e. The van der Waals surface area contributed by atoms with Crippen molar-refractivity contribution in [2.45, 2.75) is 44.3 Å². The molecule has 0 radical (unpaired) electrons. The summed E-state index contributed by atoms with van der Waals surface area (Å²) in [5, 5.41) is -1.76. The zero-order valence-electron chi connectivity index (χ0n) is 21.9. The van der Waals surface area contributed by atoms with Gasteiger partial charge in [-0.3, -0.25) is 0 Å². The summed E-state index contributed by atoms with van der Waals surface area (Å²) >= 11 is 0. The summed E-state index contributed by atoms with van der Waals surface area (Å²) in [7, 11) is -8.58. The number of hydrogen-bond donors (Lipinski definition) is 1. The van der Waals surface area contributed by atoms with Gasteiger partial charge in [0.15, 0.2) is 5.28 Å². The van der Waals surface area contributed by atoms with Crippen LogP contribution in [0.15, 0.2) is 108 Å². The predicted octanol–water partition coefficient (Wildman–Crippen LogP) is 7.50. The Labute approximate surface area is 225 Å². The van der Waals surface area contributed by atoms with E-state index in [1.807, 2.05) is 37.3 Å². The normalized spacial score (nSPS) is 13.5. The van der Waals surface area contributed by atoms with Crippen molar-refractivity contribution in [2.75, 3.05) is 0 Å². The van der Waals surface area contributed by atoms with Crippen molar-refractivity contribution in [1.29, 1.82) is 0 Å². The van der Waals surface area contributed by atoms with Crippen LogP contribution in [0.4, 0.5) is 0 Å². The van der Waals surface area contributed by atoms with E-state index in [1.54, 1.807) is 93.6 Å². The smallest absolute Gasteiger partial charge is 0.415 e. The third-order valence-corrected chi connectivity index (χ3v) is 10.8. The van der Waals surface area contributed by atoms with Gasteiger partial charge in [0, 0.05) is 0 Å². The molecule has 8 heteroatoms. The number of aryl methyl sites for hydroxylation is 3. The van der Waals surface area contributed by atoms with Gasteiger partial charge in [0.25, 0.3) is 0 Å². The van der Waals surface area contributed by atoms with E-state index >= 15 is 4.57 Å². The molecule has 0 bridgehead atoms. The van der Waals surface area contributed by atoms with Crippen LogP contribution in [0.2, 0.25) is 0 Å². The van der Waals surface area contributed by atoms with Crippen LogP contribution in [0.25, 0.3) is 0 Å². The maximum absolute atomic E-state index is 15.2. The van der Waals surface area contributed by atoms with Crippen molar-refractivity contribution >= 4 is 17.6 Å². The lowest BCUT2D eigenvalue weighted by Crippen LogP contribution is -2.47. The monoisotopic (exact) mass is 549 g/mol. The third-order valence-electron chi connectivity index (χ3n) is 6.34. The molecule has 1 N–H and O–H groups in total. The van der Waals surface area contributed by atoms with Gasteiger partial charge in [0.2, 0.25) is 10.0 Å². The molecule has 0 saturated heterocycles. The first-order chi connectivity index (χ1) is 18.1. The molecule has 0 aliphatic rings. The molecular formula is C30H32NO5PS. The molecule has 0 amide bonds. The Hall–Kier alpha value is -3.38. The van der Waals surface area contributed by atoms with Crippen molar-refractivity contribution in [1.82, 2.24) is 4.72 Å². The number of hydrogen-bond acceptors (Lipinski definition) is 5. The summed E-state index contributed by atoms with van der Waals surface area (Å²) in [5.74, 6) is 0.588. The fourth-order valence-electron chi connectivity index (χ4n) is 4.74. The number of rotatable bonds is 10. The van der Waals surface area contributed by atoms with E-state index < -0.39 is 22.9 Å². The molecule has 0 aromatic heterocycles. The molecule has 4 aromatic carbocycles. The van der Waals surface area contributed by atoms with Crippen molar-refractivity contribution in [3.05, 3.63) is 125 Å². The van der Waals surface area contributed by atoms with Crippen molar-refractivity contribution in [3.63, 3.8) is 0 Å². The molecule has 4 rings (SSSR count). The van der Waals surface area contributed by atoms with E-state index in [0.29, 0.717) is 28.2 Å². The van der Waals surface area contributed by atoms with Crippen LogP contribution in [-0.2, 0) is 19.9 Å². The highest BCUT2D eigenvalue weighted by molar-refractivity contribution is 7.90. The van der Waals surface area contributed by atoms with E-state index in [2.05, 4.69) is 4.72 Å². The lowest BCUT2D eigenvalue weighted by atomic mass is 10.1. The number of para-hydroxylation sites is 2. The first-order valence-electron chi connectivity index (χ1n) is 12.4. The van der Waals surface area contributed by atoms with Gasteiger partial charge < -0.3 is 9.05 Å². The Bertz CT molecular complexity index is 1480. The molecule has 0 fully saturated rings. The van der Waals surface area contributed by atoms with Crippen molar-refractivity contribution in [2.24, 2.45) is 0 Å². The summed E-state index contributed by atoms with van der Waals surface area (Å²) in [4.78, 5) is 0.142. The minimum absolute atomic E-state index is 0.0805. The van der Waals surface area contributed by atoms with Crippen molar-refractivity contribution in [3.8, 4) is 11.5 Å². The van der Waals surface area contributed by atoms with Crippen LogP contribution >= 0.6 is 7.60 Å². The first kappa shape index (κ1) is 27.6. The number of sulfonamides is 1. The molecule has 0 saturated carbocycles. The lowest BCUT2D eigenvalue weighted by molar-refractivity contribution is 0.324. The van der Waals surface area contributed by atoms with Crippen LogP contribution in [-0.4, -0.2) is 8.42 Å². The maximum atomic E-state index is 15.2. The van der Waals surface area contributed by atoms with E-state index in [4.69, 9.17) is 9.05 Å². The molecule has 0 spiro atoms. The van der Waals surface area contributed by atoms with Gasteiger partial charge in [-0.2, -0.15) is 4.72 Å². The van der Waals surface area contributed by atoms with Crippen LogP contribution in [0, 0.1) is 20.8 Å². The second-order valence-corrected chi connectivity index (χ2v) is 13.0. The zero-order valence-corrected chi connectivity index (χ0v) is 23.6. The lowest BCUT2D eigenvalue weighted by Gasteiger charge is -2.39. The average Bonchev–Trinajstić information content (AvgIpc) is 2.88. The molecular weight excluding hydrogens is 517 g/mol. The van der Waals surface area contributed by atoms with Gasteiger partial charge in [0.05, 0.1) is 4.90 Å². The topological polar surface area (TPSA) is 81.7 Å². The Balaban J connectivity index is 1.96. The molecule has 198 valence electrons. The van der Waals surface area contributed by atoms with Crippen LogP contribution in [0.1, 0.15) is 35.6 Å². The number of nitrogens with one attached hydrogen (secondary N) is 1. The highest BCUT2D eigenvalue weighted by Gasteiger charge is 2.57. The van der Waals surface area contributed by atoms with Gasteiger partial charge in [0.1, 0.15) is 11.5 Å². The van der Waals surface area contributed by atoms with E-state index in [1.165, 1.54) is 0 Å². The Morgan fingerprint density at radius 3 is 1.58 bits per heavy atom. The fourth-order valence-corrected chi connectivity index (χ4v) is 9.32. The van der Waals surface area contributed by atoms with E-state index in [0.717, 1.165) is 5.56 Å². The highest BCUT2D eigenvalue weighted by Crippen LogP contribution is 2.64. The second kappa shape index (κ2) is 11.2. The summed E-state index contributed by atoms with van der Waals surface area (Å²) < 4.78 is 58.6. The van der Waals surface area contributed by atoms with Crippen LogP contribution in [0.3, 0.4) is 0 Å². The summed E-state index contributed by atoms with van der Waals surface area (Å²) in [5.41, 5.74) is 2.60.